The summed E-state index contributed by atoms with van der Waals surface area (Å²) >= 11 is 0. The lowest BCUT2D eigenvalue weighted by Crippen LogP contribution is -2.33. The Hall–Kier alpha value is -2.50. The Kier molecular flexibility index (Phi) is 5.84. The van der Waals surface area contributed by atoms with Crippen molar-refractivity contribution in [3.63, 3.8) is 0 Å². The molecule has 0 aliphatic carbocycles. The third-order valence-electron chi connectivity index (χ3n) is 3.59. The van der Waals surface area contributed by atoms with E-state index in [-0.39, 0.29) is 24.2 Å². The molecule has 2 rings (SSSR count). The monoisotopic (exact) mass is 336 g/mol. The SMILES string of the molecule is CCC(NC(=O)CNc1cccc(C(F)(F)F)c1)c1ccccc1. The number of benzene rings is 2. The maximum absolute atomic E-state index is 12.7. The maximum atomic E-state index is 12.7. The van der Waals surface area contributed by atoms with Crippen molar-refractivity contribution in [3.05, 3.63) is 65.7 Å². The number of halogens is 3. The molecule has 3 nitrogen and oxygen atoms in total. The maximum Gasteiger partial charge on any atom is 0.416 e. The lowest BCUT2D eigenvalue weighted by atomic mass is 10.0. The van der Waals surface area contributed by atoms with Crippen LogP contribution in [-0.2, 0) is 11.0 Å². The van der Waals surface area contributed by atoms with Gasteiger partial charge in [-0.2, -0.15) is 13.2 Å². The standard InChI is InChI=1S/C18H19F3N2O/c1-2-16(13-7-4-3-5-8-13)23-17(24)12-22-15-10-6-9-14(11-15)18(19,20)21/h3-11,16,22H,2,12H2,1H3,(H,23,24). The Morgan fingerprint density at radius 1 is 1.08 bits per heavy atom. The number of rotatable bonds is 6. The van der Waals surface area contributed by atoms with Gasteiger partial charge in [0.2, 0.25) is 5.91 Å². The highest BCUT2D eigenvalue weighted by atomic mass is 19.4. The molecule has 2 aromatic rings. The Morgan fingerprint density at radius 3 is 2.42 bits per heavy atom. The Balaban J connectivity index is 1.93. The van der Waals surface area contributed by atoms with Crippen LogP contribution in [0.15, 0.2) is 54.6 Å². The predicted molar refractivity (Wildman–Crippen MR) is 87.6 cm³/mol. The van der Waals surface area contributed by atoms with E-state index in [1.807, 2.05) is 37.3 Å². The van der Waals surface area contributed by atoms with E-state index in [4.69, 9.17) is 0 Å². The summed E-state index contributed by atoms with van der Waals surface area (Å²) in [5.74, 6) is -0.275. The van der Waals surface area contributed by atoms with Gasteiger partial charge in [0.15, 0.2) is 0 Å². The zero-order valence-electron chi connectivity index (χ0n) is 13.2. The Morgan fingerprint density at radius 2 is 1.79 bits per heavy atom. The Labute approximate surface area is 138 Å². The first-order chi connectivity index (χ1) is 11.4. The van der Waals surface area contributed by atoms with Crippen molar-refractivity contribution in [2.45, 2.75) is 25.6 Å². The molecule has 0 saturated heterocycles. The van der Waals surface area contributed by atoms with Gasteiger partial charge in [-0.15, -0.1) is 0 Å². The second-order valence-electron chi connectivity index (χ2n) is 5.37. The largest absolute Gasteiger partial charge is 0.416 e. The first kappa shape index (κ1) is 17.8. The van der Waals surface area contributed by atoms with Crippen LogP contribution in [0.1, 0.15) is 30.5 Å². The van der Waals surface area contributed by atoms with E-state index in [2.05, 4.69) is 10.6 Å². The fraction of sp³-hybridized carbons (Fsp3) is 0.278. The average Bonchev–Trinajstić information content (AvgIpc) is 2.58. The van der Waals surface area contributed by atoms with E-state index < -0.39 is 11.7 Å². The summed E-state index contributed by atoms with van der Waals surface area (Å²) in [4.78, 5) is 12.0. The number of hydrogen-bond donors (Lipinski definition) is 2. The van der Waals surface area contributed by atoms with Gasteiger partial charge in [0.25, 0.3) is 0 Å². The van der Waals surface area contributed by atoms with Gasteiger partial charge in [-0.05, 0) is 30.2 Å². The summed E-state index contributed by atoms with van der Waals surface area (Å²) < 4.78 is 38.0. The molecule has 0 aromatic heterocycles. The van der Waals surface area contributed by atoms with Crippen LogP contribution >= 0.6 is 0 Å². The molecule has 24 heavy (non-hydrogen) atoms. The molecule has 128 valence electrons. The molecule has 0 aliphatic rings. The van der Waals surface area contributed by atoms with E-state index in [1.165, 1.54) is 12.1 Å². The highest BCUT2D eigenvalue weighted by Gasteiger charge is 2.30. The summed E-state index contributed by atoms with van der Waals surface area (Å²) in [6.07, 6.45) is -3.68. The molecule has 2 aromatic carbocycles. The quantitative estimate of drug-likeness (QED) is 0.822. The lowest BCUT2D eigenvalue weighted by molar-refractivity contribution is -0.137. The third-order valence-corrected chi connectivity index (χ3v) is 3.59. The van der Waals surface area contributed by atoms with Crippen LogP contribution in [0.5, 0.6) is 0 Å². The summed E-state index contributed by atoms with van der Waals surface area (Å²) in [5.41, 5.74) is 0.504. The Bertz CT molecular complexity index is 671. The molecule has 0 radical (unpaired) electrons. The topological polar surface area (TPSA) is 41.1 Å². The number of amides is 1. The van der Waals surface area contributed by atoms with E-state index in [0.717, 1.165) is 24.1 Å². The zero-order valence-corrected chi connectivity index (χ0v) is 13.2. The van der Waals surface area contributed by atoms with Gasteiger partial charge in [0.05, 0.1) is 18.2 Å². The van der Waals surface area contributed by atoms with Gasteiger partial charge < -0.3 is 10.6 Å². The van der Waals surface area contributed by atoms with Crippen molar-refractivity contribution in [1.29, 1.82) is 0 Å². The molecule has 2 N–H and O–H groups in total. The van der Waals surface area contributed by atoms with Crippen LogP contribution < -0.4 is 10.6 Å². The first-order valence-electron chi connectivity index (χ1n) is 7.65. The fourth-order valence-electron chi connectivity index (χ4n) is 2.34. The van der Waals surface area contributed by atoms with Crippen molar-refractivity contribution in [2.24, 2.45) is 0 Å². The normalized spacial score (nSPS) is 12.5. The van der Waals surface area contributed by atoms with Crippen LogP contribution in [0.2, 0.25) is 0 Å². The van der Waals surface area contributed by atoms with Crippen molar-refractivity contribution < 1.29 is 18.0 Å². The molecule has 0 fully saturated rings. The number of alkyl halides is 3. The van der Waals surface area contributed by atoms with Gasteiger partial charge >= 0.3 is 6.18 Å². The molecule has 1 unspecified atom stereocenters. The van der Waals surface area contributed by atoms with E-state index in [0.29, 0.717) is 0 Å². The minimum absolute atomic E-state index is 0.0926. The number of nitrogens with one attached hydrogen (secondary N) is 2. The van der Waals surface area contributed by atoms with Crippen LogP contribution in [0.25, 0.3) is 0 Å². The molecular weight excluding hydrogens is 317 g/mol. The number of carbonyl (C=O) groups is 1. The van der Waals surface area contributed by atoms with E-state index in [9.17, 15) is 18.0 Å². The molecular formula is C18H19F3N2O. The first-order valence-corrected chi connectivity index (χ1v) is 7.65. The van der Waals surface area contributed by atoms with E-state index >= 15 is 0 Å². The van der Waals surface area contributed by atoms with Gasteiger partial charge in [-0.1, -0.05) is 43.3 Å². The summed E-state index contributed by atoms with van der Waals surface area (Å²) in [6, 6.07) is 14.2. The second-order valence-corrected chi connectivity index (χ2v) is 5.37. The van der Waals surface area contributed by atoms with Crippen LogP contribution in [0.3, 0.4) is 0 Å². The molecule has 0 bridgehead atoms. The van der Waals surface area contributed by atoms with Gasteiger partial charge in [0, 0.05) is 5.69 Å². The average molecular weight is 336 g/mol. The molecule has 0 saturated carbocycles. The van der Waals surface area contributed by atoms with Crippen LogP contribution in [0.4, 0.5) is 18.9 Å². The van der Waals surface area contributed by atoms with Gasteiger partial charge in [-0.3, -0.25) is 4.79 Å². The van der Waals surface area contributed by atoms with Crippen molar-refractivity contribution >= 4 is 11.6 Å². The summed E-state index contributed by atoms with van der Waals surface area (Å²) in [6.45, 7) is 1.86. The highest BCUT2D eigenvalue weighted by Crippen LogP contribution is 2.30. The lowest BCUT2D eigenvalue weighted by Gasteiger charge is -2.18. The molecule has 1 atom stereocenters. The minimum atomic E-state index is -4.40. The minimum Gasteiger partial charge on any atom is -0.376 e. The molecule has 0 heterocycles. The molecule has 0 spiro atoms. The third kappa shape index (κ3) is 5.01. The van der Waals surface area contributed by atoms with Crippen LogP contribution in [0, 0.1) is 0 Å². The number of anilines is 1. The fourth-order valence-corrected chi connectivity index (χ4v) is 2.34. The van der Waals surface area contributed by atoms with Gasteiger partial charge in [0.1, 0.15) is 0 Å². The predicted octanol–water partition coefficient (Wildman–Crippen LogP) is 4.38. The number of carbonyl (C=O) groups excluding carboxylic acids is 1. The number of hydrogen-bond acceptors (Lipinski definition) is 2. The van der Waals surface area contributed by atoms with E-state index in [1.54, 1.807) is 0 Å². The summed E-state index contributed by atoms with van der Waals surface area (Å²) in [7, 11) is 0. The van der Waals surface area contributed by atoms with Crippen LogP contribution in [-0.4, -0.2) is 12.5 Å². The summed E-state index contributed by atoms with van der Waals surface area (Å²) in [5, 5.41) is 5.60. The molecule has 1 amide bonds. The van der Waals surface area contributed by atoms with Crippen molar-refractivity contribution in [1.82, 2.24) is 5.32 Å². The molecule has 0 aliphatic heterocycles. The molecule has 6 heteroatoms. The van der Waals surface area contributed by atoms with Crippen molar-refractivity contribution in [2.75, 3.05) is 11.9 Å². The van der Waals surface area contributed by atoms with Crippen molar-refractivity contribution in [3.8, 4) is 0 Å². The zero-order chi connectivity index (χ0) is 17.6. The highest BCUT2D eigenvalue weighted by molar-refractivity contribution is 5.81. The second kappa shape index (κ2) is 7.86. The van der Waals surface area contributed by atoms with Gasteiger partial charge in [-0.25, -0.2) is 0 Å². The smallest absolute Gasteiger partial charge is 0.376 e.